The Hall–Kier alpha value is -1.04. The smallest absolute Gasteiger partial charge is 0.133 e. The molecule has 2 aromatic rings. The predicted molar refractivity (Wildman–Crippen MR) is 69.5 cm³/mol. The van der Waals surface area contributed by atoms with Crippen LogP contribution < -0.4 is 0 Å². The Labute approximate surface area is 120 Å². The summed E-state index contributed by atoms with van der Waals surface area (Å²) >= 11 is 8.73. The van der Waals surface area contributed by atoms with Crippen LogP contribution in [0.3, 0.4) is 0 Å². The van der Waals surface area contributed by atoms with Crippen molar-refractivity contribution in [2.24, 2.45) is 0 Å². The summed E-state index contributed by atoms with van der Waals surface area (Å²) in [5.41, 5.74) is -0.669. The van der Waals surface area contributed by atoms with E-state index in [1.807, 2.05) is 0 Å². The maximum absolute atomic E-state index is 13.7. The predicted octanol–water partition coefficient (Wildman–Crippen LogP) is 4.60. The van der Waals surface area contributed by atoms with Crippen LogP contribution in [0.4, 0.5) is 13.2 Å². The first kappa shape index (κ1) is 14.4. The second-order valence-corrected chi connectivity index (χ2v) is 5.17. The quantitative estimate of drug-likeness (QED) is 0.838. The Bertz CT molecular complexity index is 610. The number of benzene rings is 2. The molecule has 1 unspecified atom stereocenters. The molecule has 0 aliphatic heterocycles. The molecule has 1 atom stereocenters. The van der Waals surface area contributed by atoms with Crippen LogP contribution in [0.5, 0.6) is 0 Å². The summed E-state index contributed by atoms with van der Waals surface area (Å²) in [4.78, 5) is 0. The van der Waals surface area contributed by atoms with Crippen LogP contribution in [0.1, 0.15) is 17.2 Å². The third kappa shape index (κ3) is 2.94. The summed E-state index contributed by atoms with van der Waals surface area (Å²) in [5, 5.41) is 10.0. The van der Waals surface area contributed by atoms with E-state index in [1.54, 1.807) is 0 Å². The normalized spacial score (nSPS) is 12.5. The van der Waals surface area contributed by atoms with E-state index in [-0.39, 0.29) is 15.1 Å². The Morgan fingerprint density at radius 3 is 2.21 bits per heavy atom. The largest absolute Gasteiger partial charge is 0.383 e. The van der Waals surface area contributed by atoms with Crippen molar-refractivity contribution in [3.63, 3.8) is 0 Å². The lowest BCUT2D eigenvalue weighted by Gasteiger charge is -2.15. The van der Waals surface area contributed by atoms with Gasteiger partial charge in [-0.15, -0.1) is 0 Å². The number of hydrogen-bond acceptors (Lipinski definition) is 1. The highest BCUT2D eigenvalue weighted by Gasteiger charge is 2.22. The first-order valence-electron chi connectivity index (χ1n) is 5.17. The second kappa shape index (κ2) is 5.53. The minimum atomic E-state index is -1.68. The molecule has 0 fully saturated rings. The molecule has 0 amide bonds. The summed E-state index contributed by atoms with van der Waals surface area (Å²) in [6.07, 6.45) is -1.68. The van der Waals surface area contributed by atoms with Gasteiger partial charge in [-0.25, -0.2) is 13.2 Å². The molecule has 0 radical (unpaired) electrons. The molecule has 0 aliphatic rings. The van der Waals surface area contributed by atoms with Crippen LogP contribution in [-0.2, 0) is 0 Å². The maximum atomic E-state index is 13.7. The van der Waals surface area contributed by atoms with Crippen LogP contribution in [0.25, 0.3) is 0 Å². The van der Waals surface area contributed by atoms with E-state index in [0.29, 0.717) is 0 Å². The molecule has 2 aromatic carbocycles. The molecule has 0 saturated carbocycles. The van der Waals surface area contributed by atoms with Gasteiger partial charge in [0.25, 0.3) is 0 Å². The maximum Gasteiger partial charge on any atom is 0.133 e. The van der Waals surface area contributed by atoms with Crippen LogP contribution in [0.2, 0.25) is 5.02 Å². The summed E-state index contributed by atoms with van der Waals surface area (Å²) < 4.78 is 40.7. The minimum Gasteiger partial charge on any atom is -0.383 e. The molecule has 0 aliphatic carbocycles. The molecule has 2 rings (SSSR count). The van der Waals surface area contributed by atoms with E-state index >= 15 is 0 Å². The van der Waals surface area contributed by atoms with Gasteiger partial charge in [0.05, 0.1) is 5.56 Å². The number of halogens is 5. The zero-order chi connectivity index (χ0) is 14.2. The third-order valence-electron chi connectivity index (χ3n) is 2.57. The first-order chi connectivity index (χ1) is 8.90. The molecule has 0 bridgehead atoms. The fourth-order valence-corrected chi connectivity index (χ4v) is 2.32. The van der Waals surface area contributed by atoms with Crippen LogP contribution in [-0.4, -0.2) is 5.11 Å². The number of aliphatic hydroxyl groups excluding tert-OH is 1. The lowest BCUT2D eigenvalue weighted by atomic mass is 10.0. The average molecular weight is 352 g/mol. The standard InChI is InChI=1S/C13H7BrClF3O/c14-6-3-10(17)12(11(18)4-6)13(19)8-5-7(16)1-2-9(8)15/h1-5,13,19H. The van der Waals surface area contributed by atoms with Crippen LogP contribution in [0, 0.1) is 17.5 Å². The van der Waals surface area contributed by atoms with Gasteiger partial charge in [-0.3, -0.25) is 0 Å². The highest BCUT2D eigenvalue weighted by molar-refractivity contribution is 9.10. The third-order valence-corrected chi connectivity index (χ3v) is 3.37. The van der Waals surface area contributed by atoms with Crippen molar-refractivity contribution in [1.82, 2.24) is 0 Å². The van der Waals surface area contributed by atoms with Crippen molar-refractivity contribution in [3.05, 3.63) is 68.4 Å². The molecule has 6 heteroatoms. The summed E-state index contributed by atoms with van der Waals surface area (Å²) in [5.74, 6) is -2.55. The number of aliphatic hydroxyl groups is 1. The summed E-state index contributed by atoms with van der Waals surface area (Å²) in [6.45, 7) is 0. The van der Waals surface area contributed by atoms with E-state index in [1.165, 1.54) is 6.07 Å². The van der Waals surface area contributed by atoms with Gasteiger partial charge in [-0.2, -0.15) is 0 Å². The monoisotopic (exact) mass is 350 g/mol. The number of hydrogen-bond donors (Lipinski definition) is 1. The fourth-order valence-electron chi connectivity index (χ4n) is 1.69. The Balaban J connectivity index is 2.56. The Kier molecular flexibility index (Phi) is 4.18. The van der Waals surface area contributed by atoms with E-state index in [9.17, 15) is 18.3 Å². The van der Waals surface area contributed by atoms with E-state index in [0.717, 1.165) is 24.3 Å². The second-order valence-electron chi connectivity index (χ2n) is 3.85. The molecular weight excluding hydrogens is 344 g/mol. The Morgan fingerprint density at radius 1 is 1.05 bits per heavy atom. The molecule has 1 nitrogen and oxygen atoms in total. The van der Waals surface area contributed by atoms with Gasteiger partial charge in [0.1, 0.15) is 23.6 Å². The van der Waals surface area contributed by atoms with E-state index in [4.69, 9.17) is 11.6 Å². The molecular formula is C13H7BrClF3O. The van der Waals surface area contributed by atoms with Crippen molar-refractivity contribution in [1.29, 1.82) is 0 Å². The van der Waals surface area contributed by atoms with E-state index in [2.05, 4.69) is 15.9 Å². The van der Waals surface area contributed by atoms with Crippen molar-refractivity contribution in [3.8, 4) is 0 Å². The van der Waals surface area contributed by atoms with E-state index < -0.39 is 29.1 Å². The van der Waals surface area contributed by atoms with Gasteiger partial charge in [0.2, 0.25) is 0 Å². The van der Waals surface area contributed by atoms with Gasteiger partial charge in [0.15, 0.2) is 0 Å². The van der Waals surface area contributed by atoms with Gasteiger partial charge in [-0.1, -0.05) is 27.5 Å². The van der Waals surface area contributed by atoms with Gasteiger partial charge < -0.3 is 5.11 Å². The molecule has 1 N–H and O–H groups in total. The summed E-state index contributed by atoms with van der Waals surface area (Å²) in [6, 6.07) is 5.26. The van der Waals surface area contributed by atoms with Crippen molar-refractivity contribution in [2.75, 3.05) is 0 Å². The van der Waals surface area contributed by atoms with Crippen molar-refractivity contribution < 1.29 is 18.3 Å². The SMILES string of the molecule is OC(c1cc(F)ccc1Cl)c1c(F)cc(Br)cc1F. The Morgan fingerprint density at radius 2 is 1.63 bits per heavy atom. The highest BCUT2D eigenvalue weighted by atomic mass is 79.9. The molecule has 0 spiro atoms. The zero-order valence-corrected chi connectivity index (χ0v) is 11.6. The van der Waals surface area contributed by atoms with Crippen LogP contribution in [0.15, 0.2) is 34.8 Å². The molecule has 0 saturated heterocycles. The van der Waals surface area contributed by atoms with Crippen molar-refractivity contribution in [2.45, 2.75) is 6.10 Å². The lowest BCUT2D eigenvalue weighted by molar-refractivity contribution is 0.208. The van der Waals surface area contributed by atoms with Crippen LogP contribution >= 0.6 is 27.5 Å². The van der Waals surface area contributed by atoms with Gasteiger partial charge >= 0.3 is 0 Å². The average Bonchev–Trinajstić information content (AvgIpc) is 2.30. The fraction of sp³-hybridized carbons (Fsp3) is 0.0769. The molecule has 100 valence electrons. The lowest BCUT2D eigenvalue weighted by Crippen LogP contribution is -2.07. The topological polar surface area (TPSA) is 20.2 Å². The van der Waals surface area contributed by atoms with Gasteiger partial charge in [0, 0.05) is 15.1 Å². The first-order valence-corrected chi connectivity index (χ1v) is 6.34. The van der Waals surface area contributed by atoms with Gasteiger partial charge in [-0.05, 0) is 30.3 Å². The molecule has 19 heavy (non-hydrogen) atoms. The zero-order valence-electron chi connectivity index (χ0n) is 9.30. The summed E-state index contributed by atoms with van der Waals surface area (Å²) in [7, 11) is 0. The van der Waals surface area contributed by atoms with Crippen molar-refractivity contribution >= 4 is 27.5 Å². The number of rotatable bonds is 2. The minimum absolute atomic E-state index is 0.0237. The molecule has 0 aromatic heterocycles. The highest BCUT2D eigenvalue weighted by Crippen LogP contribution is 2.33. The molecule has 0 heterocycles.